The molecule has 1 saturated heterocycles. The number of rotatable bonds is 6. The lowest BCUT2D eigenvalue weighted by Gasteiger charge is -2.23. The largest absolute Gasteiger partial charge is 0.355 e. The number of benzene rings is 2. The summed E-state index contributed by atoms with van der Waals surface area (Å²) in [6.07, 6.45) is 3.24. The Kier molecular flexibility index (Phi) is 6.72. The van der Waals surface area contributed by atoms with Gasteiger partial charge in [-0.1, -0.05) is 60.7 Å². The summed E-state index contributed by atoms with van der Waals surface area (Å²) in [6.45, 7) is 5.07. The summed E-state index contributed by atoms with van der Waals surface area (Å²) in [4.78, 5) is 21.7. The highest BCUT2D eigenvalue weighted by Crippen LogP contribution is 2.17. The van der Waals surface area contributed by atoms with Crippen LogP contribution in [0.25, 0.3) is 0 Å². The third kappa shape index (κ3) is 5.67. The van der Waals surface area contributed by atoms with Gasteiger partial charge in [-0.25, -0.2) is 4.98 Å². The summed E-state index contributed by atoms with van der Waals surface area (Å²) in [5.74, 6) is 0.944. The standard InChI is InChI=1S/C25H28N4O/c30-25(18-21-8-3-1-4-9-21)27-23-12-13-24(26-19-23)29-15-7-14-28(16-17-29)20-22-10-5-2-6-11-22/h1-6,8-13,19H,7,14-18,20H2,(H,27,30). The highest BCUT2D eigenvalue weighted by Gasteiger charge is 2.16. The second kappa shape index (κ2) is 10.0. The van der Waals surface area contributed by atoms with Gasteiger partial charge in [0.05, 0.1) is 18.3 Å². The van der Waals surface area contributed by atoms with Gasteiger partial charge in [-0.15, -0.1) is 0 Å². The number of amides is 1. The molecule has 2 heterocycles. The van der Waals surface area contributed by atoms with Crippen molar-refractivity contribution in [3.05, 3.63) is 90.1 Å². The zero-order chi connectivity index (χ0) is 20.6. The molecule has 0 radical (unpaired) electrons. The van der Waals surface area contributed by atoms with E-state index in [0.29, 0.717) is 6.42 Å². The maximum Gasteiger partial charge on any atom is 0.228 e. The lowest BCUT2D eigenvalue weighted by Crippen LogP contribution is -2.30. The quantitative estimate of drug-likeness (QED) is 0.680. The van der Waals surface area contributed by atoms with Gasteiger partial charge in [0, 0.05) is 32.7 Å². The molecule has 0 saturated carbocycles. The van der Waals surface area contributed by atoms with Crippen LogP contribution in [0.15, 0.2) is 79.0 Å². The van der Waals surface area contributed by atoms with Crippen LogP contribution in [0.4, 0.5) is 11.5 Å². The molecular weight excluding hydrogens is 372 g/mol. The number of nitrogens with zero attached hydrogens (tertiary/aromatic N) is 3. The fourth-order valence-corrected chi connectivity index (χ4v) is 3.83. The molecule has 1 fully saturated rings. The molecule has 2 aromatic carbocycles. The van der Waals surface area contributed by atoms with E-state index < -0.39 is 0 Å². The molecule has 1 aromatic heterocycles. The number of anilines is 2. The molecule has 0 unspecified atom stereocenters. The molecule has 0 bridgehead atoms. The van der Waals surface area contributed by atoms with Crippen molar-refractivity contribution < 1.29 is 4.79 Å². The highest BCUT2D eigenvalue weighted by molar-refractivity contribution is 5.92. The number of pyridine rings is 1. The number of aromatic nitrogens is 1. The monoisotopic (exact) mass is 400 g/mol. The Labute approximate surface area is 178 Å². The van der Waals surface area contributed by atoms with Crippen LogP contribution in [0.2, 0.25) is 0 Å². The van der Waals surface area contributed by atoms with Gasteiger partial charge in [0.25, 0.3) is 0 Å². The molecule has 1 aliphatic rings. The lowest BCUT2D eigenvalue weighted by atomic mass is 10.1. The molecule has 3 aromatic rings. The first-order valence-electron chi connectivity index (χ1n) is 10.6. The van der Waals surface area contributed by atoms with E-state index >= 15 is 0 Å². The SMILES string of the molecule is O=C(Cc1ccccc1)Nc1ccc(N2CCCN(Cc3ccccc3)CC2)nc1. The third-order valence-corrected chi connectivity index (χ3v) is 5.40. The van der Waals surface area contributed by atoms with Gasteiger partial charge in [-0.05, 0) is 29.7 Å². The fraction of sp³-hybridized carbons (Fsp3) is 0.280. The van der Waals surface area contributed by atoms with E-state index in [9.17, 15) is 4.79 Å². The van der Waals surface area contributed by atoms with E-state index in [-0.39, 0.29) is 5.91 Å². The van der Waals surface area contributed by atoms with Crippen molar-refractivity contribution >= 4 is 17.4 Å². The first-order valence-corrected chi connectivity index (χ1v) is 10.6. The number of carbonyl (C=O) groups excluding carboxylic acids is 1. The predicted octanol–water partition coefficient (Wildman–Crippen LogP) is 3.98. The van der Waals surface area contributed by atoms with Crippen LogP contribution in [-0.2, 0) is 17.8 Å². The van der Waals surface area contributed by atoms with Crippen LogP contribution in [-0.4, -0.2) is 42.0 Å². The van der Waals surface area contributed by atoms with Gasteiger partial charge >= 0.3 is 0 Å². The topological polar surface area (TPSA) is 48.5 Å². The molecule has 5 nitrogen and oxygen atoms in total. The van der Waals surface area contributed by atoms with Crippen molar-refractivity contribution in [2.75, 3.05) is 36.4 Å². The van der Waals surface area contributed by atoms with Crippen molar-refractivity contribution in [2.24, 2.45) is 0 Å². The first kappa shape index (κ1) is 20.1. The van der Waals surface area contributed by atoms with E-state index in [0.717, 1.165) is 56.2 Å². The molecule has 1 amide bonds. The second-order valence-corrected chi connectivity index (χ2v) is 7.72. The minimum atomic E-state index is -0.0259. The minimum Gasteiger partial charge on any atom is -0.355 e. The van der Waals surface area contributed by atoms with Crippen LogP contribution in [0.3, 0.4) is 0 Å². The number of nitrogens with one attached hydrogen (secondary N) is 1. The van der Waals surface area contributed by atoms with Gasteiger partial charge in [-0.2, -0.15) is 0 Å². The number of carbonyl (C=O) groups is 1. The van der Waals surface area contributed by atoms with Gasteiger partial charge in [0.2, 0.25) is 5.91 Å². The summed E-state index contributed by atoms with van der Waals surface area (Å²) in [7, 11) is 0. The zero-order valence-electron chi connectivity index (χ0n) is 17.2. The molecule has 1 N–H and O–H groups in total. The molecule has 1 aliphatic heterocycles. The van der Waals surface area contributed by atoms with E-state index in [4.69, 9.17) is 0 Å². The average Bonchev–Trinajstić information content (AvgIpc) is 3.01. The molecule has 154 valence electrons. The summed E-state index contributed by atoms with van der Waals surface area (Å²) in [6, 6.07) is 24.4. The van der Waals surface area contributed by atoms with Gasteiger partial charge < -0.3 is 10.2 Å². The maximum atomic E-state index is 12.2. The van der Waals surface area contributed by atoms with E-state index in [1.165, 1.54) is 5.56 Å². The van der Waals surface area contributed by atoms with Crippen molar-refractivity contribution in [2.45, 2.75) is 19.4 Å². The summed E-state index contributed by atoms with van der Waals surface area (Å²) in [5, 5.41) is 2.94. The van der Waals surface area contributed by atoms with Crippen LogP contribution in [0, 0.1) is 0 Å². The van der Waals surface area contributed by atoms with Crippen LogP contribution < -0.4 is 10.2 Å². The second-order valence-electron chi connectivity index (χ2n) is 7.72. The maximum absolute atomic E-state index is 12.2. The van der Waals surface area contributed by atoms with Gasteiger partial charge in [-0.3, -0.25) is 9.69 Å². The van der Waals surface area contributed by atoms with Crippen LogP contribution in [0.5, 0.6) is 0 Å². The third-order valence-electron chi connectivity index (χ3n) is 5.40. The smallest absolute Gasteiger partial charge is 0.228 e. The number of hydrogen-bond donors (Lipinski definition) is 1. The van der Waals surface area contributed by atoms with E-state index in [1.54, 1.807) is 6.20 Å². The fourth-order valence-electron chi connectivity index (χ4n) is 3.83. The Morgan fingerprint density at radius 2 is 1.57 bits per heavy atom. The van der Waals surface area contributed by atoms with Crippen molar-refractivity contribution in [3.8, 4) is 0 Å². The predicted molar refractivity (Wildman–Crippen MR) is 122 cm³/mol. The highest BCUT2D eigenvalue weighted by atomic mass is 16.1. The Morgan fingerprint density at radius 3 is 2.27 bits per heavy atom. The lowest BCUT2D eigenvalue weighted by molar-refractivity contribution is -0.115. The Bertz CT molecular complexity index is 928. The van der Waals surface area contributed by atoms with Crippen molar-refractivity contribution in [3.63, 3.8) is 0 Å². The van der Waals surface area contributed by atoms with Crippen LogP contribution >= 0.6 is 0 Å². The Hall–Kier alpha value is -3.18. The molecule has 30 heavy (non-hydrogen) atoms. The Balaban J connectivity index is 1.30. The Morgan fingerprint density at radius 1 is 0.833 bits per heavy atom. The van der Waals surface area contributed by atoms with E-state index in [1.807, 2.05) is 42.5 Å². The van der Waals surface area contributed by atoms with Crippen LogP contribution in [0.1, 0.15) is 17.5 Å². The summed E-state index contributed by atoms with van der Waals surface area (Å²) >= 11 is 0. The van der Waals surface area contributed by atoms with Crippen molar-refractivity contribution in [1.29, 1.82) is 0 Å². The minimum absolute atomic E-state index is 0.0259. The molecule has 0 spiro atoms. The zero-order valence-corrected chi connectivity index (χ0v) is 17.2. The molecular formula is C25H28N4O. The molecule has 0 aliphatic carbocycles. The first-order chi connectivity index (χ1) is 14.8. The van der Waals surface area contributed by atoms with Gasteiger partial charge in [0.15, 0.2) is 0 Å². The average molecular weight is 401 g/mol. The normalized spacial score (nSPS) is 14.9. The molecule has 5 heteroatoms. The van der Waals surface area contributed by atoms with E-state index in [2.05, 4.69) is 50.4 Å². The molecule has 4 rings (SSSR count). The summed E-state index contributed by atoms with van der Waals surface area (Å²) < 4.78 is 0. The molecule has 0 atom stereocenters. The summed E-state index contributed by atoms with van der Waals surface area (Å²) in [5.41, 5.74) is 3.10. The van der Waals surface area contributed by atoms with Gasteiger partial charge in [0.1, 0.15) is 5.82 Å². The number of hydrogen-bond acceptors (Lipinski definition) is 4. The van der Waals surface area contributed by atoms with Crippen molar-refractivity contribution in [1.82, 2.24) is 9.88 Å².